The fraction of sp³-hybridized carbons (Fsp3) is 0.128. The molecule has 0 spiro atoms. The lowest BCUT2D eigenvalue weighted by Crippen LogP contribution is -2.37. The van der Waals surface area contributed by atoms with E-state index in [1.54, 1.807) is 0 Å². The van der Waals surface area contributed by atoms with Crippen molar-refractivity contribution in [3.63, 3.8) is 0 Å². The van der Waals surface area contributed by atoms with Crippen LogP contribution in [0.2, 0.25) is 19.6 Å². The lowest BCUT2D eigenvalue weighted by Gasteiger charge is -2.22. The lowest BCUT2D eigenvalue weighted by atomic mass is 9.81. The van der Waals surface area contributed by atoms with E-state index in [0.717, 1.165) is 17.0 Å². The van der Waals surface area contributed by atoms with Gasteiger partial charge in [-0.1, -0.05) is 166 Å². The molecule has 0 unspecified atom stereocenters. The molecule has 0 radical (unpaired) electrons. The lowest BCUT2D eigenvalue weighted by molar-refractivity contribution is 0.660. The van der Waals surface area contributed by atoms with E-state index in [-0.39, 0.29) is 5.41 Å². The number of aromatic nitrogens is 1. The summed E-state index contributed by atoms with van der Waals surface area (Å²) in [6, 6.07) is 57.8. The van der Waals surface area contributed by atoms with Crippen molar-refractivity contribution in [3.8, 4) is 67.0 Å². The number of pyridine rings is 1. The monoisotopic (exact) mass is 647 g/mol. The van der Waals surface area contributed by atoms with Crippen molar-refractivity contribution < 1.29 is 0 Å². The van der Waals surface area contributed by atoms with Crippen molar-refractivity contribution in [1.29, 1.82) is 0 Å². The summed E-state index contributed by atoms with van der Waals surface area (Å²) in [5, 5.41) is 1.44. The number of hydrogen-bond donors (Lipinski definition) is 0. The third kappa shape index (κ3) is 5.77. The third-order valence-corrected chi connectivity index (χ3v) is 12.3. The Bertz CT molecular complexity index is 2340. The van der Waals surface area contributed by atoms with E-state index >= 15 is 0 Å². The molecule has 1 aliphatic rings. The molecule has 0 aliphatic heterocycles. The molecule has 6 aromatic carbocycles. The largest absolute Gasteiger partial charge is 0.248 e. The van der Waals surface area contributed by atoms with Crippen LogP contribution >= 0.6 is 0 Å². The molecule has 8 rings (SSSR count). The molecule has 1 nitrogen and oxygen atoms in total. The second kappa shape index (κ2) is 12.0. The topological polar surface area (TPSA) is 12.9 Å². The summed E-state index contributed by atoms with van der Waals surface area (Å²) >= 11 is 0. The predicted molar refractivity (Wildman–Crippen MR) is 212 cm³/mol. The fourth-order valence-electron chi connectivity index (χ4n) is 7.39. The number of rotatable bonds is 6. The SMILES string of the molecule is CC1(C)c2ccccc2-c2ccc(-c3cccc(-c4cc(-c5cccc(-c6ccccc6)c5)cc(-c5cccc([Si](C)(C)C)c5)n4)c3)cc21. The highest BCUT2D eigenvalue weighted by Gasteiger charge is 2.35. The van der Waals surface area contributed by atoms with Gasteiger partial charge in [-0.2, -0.15) is 0 Å². The van der Waals surface area contributed by atoms with E-state index in [9.17, 15) is 0 Å². The highest BCUT2D eigenvalue weighted by molar-refractivity contribution is 6.88. The number of hydrogen-bond acceptors (Lipinski definition) is 1. The second-order valence-corrected chi connectivity index (χ2v) is 20.0. The van der Waals surface area contributed by atoms with Gasteiger partial charge in [-0.25, -0.2) is 4.98 Å². The smallest absolute Gasteiger partial charge is 0.0776 e. The van der Waals surface area contributed by atoms with E-state index in [1.165, 1.54) is 66.4 Å². The Balaban J connectivity index is 1.25. The standard InChI is InChI=1S/C47H41NSi/c1-47(2)43-23-10-9-22-41(43)42-25-24-36(29-44(42)47)34-17-12-19-37(27-34)45-30-39(35-18-11-16-33(26-35)32-14-7-6-8-15-32)31-46(48-45)38-20-13-21-40(28-38)49(3,4)5/h6-31H,1-5H3. The van der Waals surface area contributed by atoms with Crippen LogP contribution in [0, 0.1) is 0 Å². The molecule has 1 aromatic heterocycles. The molecule has 0 saturated carbocycles. The van der Waals surface area contributed by atoms with E-state index in [0.29, 0.717) is 0 Å². The Kier molecular flexibility index (Phi) is 7.58. The average Bonchev–Trinajstić information content (AvgIpc) is 3.37. The molecular formula is C47H41NSi. The minimum atomic E-state index is -1.51. The maximum Gasteiger partial charge on any atom is 0.0776 e. The van der Waals surface area contributed by atoms with E-state index in [2.05, 4.69) is 191 Å². The molecule has 0 N–H and O–H groups in total. The van der Waals surface area contributed by atoms with Crippen molar-refractivity contribution in [2.75, 3.05) is 0 Å². The Morgan fingerprint density at radius 2 is 0.898 bits per heavy atom. The minimum Gasteiger partial charge on any atom is -0.248 e. The van der Waals surface area contributed by atoms with Crippen LogP contribution in [0.25, 0.3) is 67.0 Å². The first-order valence-electron chi connectivity index (χ1n) is 17.3. The van der Waals surface area contributed by atoms with Crippen LogP contribution in [0.1, 0.15) is 25.0 Å². The Labute approximate surface area is 292 Å². The number of fused-ring (bicyclic) bond motifs is 3. The number of nitrogens with zero attached hydrogens (tertiary/aromatic N) is 1. The van der Waals surface area contributed by atoms with Gasteiger partial charge in [0.05, 0.1) is 19.5 Å². The number of benzene rings is 6. The molecule has 49 heavy (non-hydrogen) atoms. The van der Waals surface area contributed by atoms with E-state index in [4.69, 9.17) is 4.98 Å². The molecule has 2 heteroatoms. The van der Waals surface area contributed by atoms with E-state index in [1.807, 2.05) is 0 Å². The van der Waals surface area contributed by atoms with Crippen LogP contribution in [0.4, 0.5) is 0 Å². The van der Waals surface area contributed by atoms with Crippen LogP contribution in [0.3, 0.4) is 0 Å². The summed E-state index contributed by atoms with van der Waals surface area (Å²) in [7, 11) is -1.51. The summed E-state index contributed by atoms with van der Waals surface area (Å²) in [4.78, 5) is 5.36. The van der Waals surface area contributed by atoms with Crippen molar-refractivity contribution >= 4 is 13.3 Å². The van der Waals surface area contributed by atoms with Crippen molar-refractivity contribution in [3.05, 3.63) is 169 Å². The van der Waals surface area contributed by atoms with Gasteiger partial charge >= 0.3 is 0 Å². The van der Waals surface area contributed by atoms with Crippen LogP contribution < -0.4 is 5.19 Å². The first kappa shape index (κ1) is 31.0. The quantitative estimate of drug-likeness (QED) is 0.164. The summed E-state index contributed by atoms with van der Waals surface area (Å²) in [5.74, 6) is 0. The molecule has 238 valence electrons. The van der Waals surface area contributed by atoms with Gasteiger partial charge in [0.15, 0.2) is 0 Å². The molecule has 0 atom stereocenters. The van der Waals surface area contributed by atoms with Crippen LogP contribution in [-0.4, -0.2) is 13.1 Å². The van der Waals surface area contributed by atoms with Gasteiger partial charge in [-0.3, -0.25) is 0 Å². The van der Waals surface area contributed by atoms with E-state index < -0.39 is 8.07 Å². The maximum atomic E-state index is 5.36. The minimum absolute atomic E-state index is 0.0386. The molecular weight excluding hydrogens is 607 g/mol. The van der Waals surface area contributed by atoms with Crippen LogP contribution in [0.5, 0.6) is 0 Å². The van der Waals surface area contributed by atoms with Crippen LogP contribution in [-0.2, 0) is 5.41 Å². The Hall–Kier alpha value is -5.31. The molecule has 1 heterocycles. The van der Waals surface area contributed by atoms with Crippen LogP contribution in [0.15, 0.2) is 158 Å². The zero-order valence-corrected chi connectivity index (χ0v) is 30.0. The molecule has 1 aliphatic carbocycles. The normalized spacial score (nSPS) is 13.2. The van der Waals surface area contributed by atoms with Crippen molar-refractivity contribution in [2.45, 2.75) is 38.9 Å². The zero-order valence-electron chi connectivity index (χ0n) is 29.0. The zero-order chi connectivity index (χ0) is 33.8. The van der Waals surface area contributed by atoms with Gasteiger partial charge in [0.25, 0.3) is 0 Å². The second-order valence-electron chi connectivity index (χ2n) is 14.9. The van der Waals surface area contributed by atoms with Gasteiger partial charge in [-0.05, 0) is 86.0 Å². The molecule has 0 fully saturated rings. The summed E-state index contributed by atoms with van der Waals surface area (Å²) < 4.78 is 0. The Morgan fingerprint density at radius 3 is 1.61 bits per heavy atom. The van der Waals surface area contributed by atoms with Gasteiger partial charge in [-0.15, -0.1) is 0 Å². The van der Waals surface area contributed by atoms with Gasteiger partial charge in [0.1, 0.15) is 0 Å². The fourth-order valence-corrected chi connectivity index (χ4v) is 8.57. The van der Waals surface area contributed by atoms with Gasteiger partial charge in [0, 0.05) is 16.5 Å². The summed E-state index contributed by atoms with van der Waals surface area (Å²) in [6.07, 6.45) is 0. The maximum absolute atomic E-state index is 5.36. The van der Waals surface area contributed by atoms with Gasteiger partial charge in [0.2, 0.25) is 0 Å². The van der Waals surface area contributed by atoms with Gasteiger partial charge < -0.3 is 0 Å². The molecule has 0 amide bonds. The van der Waals surface area contributed by atoms with Crippen molar-refractivity contribution in [1.82, 2.24) is 4.98 Å². The average molecular weight is 648 g/mol. The molecule has 7 aromatic rings. The Morgan fingerprint density at radius 1 is 0.388 bits per heavy atom. The highest BCUT2D eigenvalue weighted by Crippen LogP contribution is 2.49. The molecule has 0 saturated heterocycles. The summed E-state index contributed by atoms with van der Waals surface area (Å²) in [5.41, 5.74) is 16.9. The van der Waals surface area contributed by atoms with Crippen molar-refractivity contribution in [2.24, 2.45) is 0 Å². The first-order valence-corrected chi connectivity index (χ1v) is 20.8. The summed E-state index contributed by atoms with van der Waals surface area (Å²) in [6.45, 7) is 11.9. The predicted octanol–water partition coefficient (Wildman–Crippen LogP) is 12.3. The first-order chi connectivity index (χ1) is 23.6. The highest BCUT2D eigenvalue weighted by atomic mass is 28.3. The third-order valence-electron chi connectivity index (χ3n) is 10.2. The molecule has 0 bridgehead atoms.